The van der Waals surface area contributed by atoms with Gasteiger partial charge in [-0.1, -0.05) is 6.07 Å². The van der Waals surface area contributed by atoms with Gasteiger partial charge in [0, 0.05) is 16.1 Å². The highest BCUT2D eigenvalue weighted by Crippen LogP contribution is 2.43. The summed E-state index contributed by atoms with van der Waals surface area (Å²) in [5.74, 6) is 0. The van der Waals surface area contributed by atoms with E-state index >= 15 is 0 Å². The second-order valence-corrected chi connectivity index (χ2v) is 6.80. The molecule has 0 saturated carbocycles. The van der Waals surface area contributed by atoms with E-state index in [0.717, 1.165) is 21.6 Å². The molecule has 1 aromatic carbocycles. The van der Waals surface area contributed by atoms with Crippen LogP contribution in [0.3, 0.4) is 0 Å². The first-order valence-corrected chi connectivity index (χ1v) is 7.76. The Bertz CT molecular complexity index is 706. The maximum atomic E-state index is 12.9. The van der Waals surface area contributed by atoms with Gasteiger partial charge in [0.1, 0.15) is 0 Å². The van der Waals surface area contributed by atoms with Crippen molar-refractivity contribution in [3.63, 3.8) is 0 Å². The Morgan fingerprint density at radius 3 is 2.55 bits per heavy atom. The summed E-state index contributed by atoms with van der Waals surface area (Å²) >= 11 is 1.62. The molecule has 0 fully saturated rings. The van der Waals surface area contributed by atoms with Gasteiger partial charge in [0.15, 0.2) is 0 Å². The van der Waals surface area contributed by atoms with Gasteiger partial charge in [0.2, 0.25) is 6.23 Å². The van der Waals surface area contributed by atoms with Crippen LogP contribution in [0.15, 0.2) is 29.6 Å². The number of aryl methyl sites for hydroxylation is 1. The molecule has 0 spiro atoms. The molecule has 22 heavy (non-hydrogen) atoms. The van der Waals surface area contributed by atoms with Crippen LogP contribution in [-0.4, -0.2) is 12.4 Å². The first kappa shape index (κ1) is 15.4. The van der Waals surface area contributed by atoms with Crippen LogP contribution < -0.4 is 5.32 Å². The third-order valence-electron chi connectivity index (χ3n) is 3.79. The van der Waals surface area contributed by atoms with E-state index in [1.807, 2.05) is 30.5 Å². The Hall–Kier alpha value is -1.53. The lowest BCUT2D eigenvalue weighted by Gasteiger charge is -2.39. The molecule has 1 aliphatic rings. The Morgan fingerprint density at radius 2 is 1.95 bits per heavy atom. The van der Waals surface area contributed by atoms with Gasteiger partial charge < -0.3 is 10.1 Å². The molecule has 118 valence electrons. The zero-order valence-corrected chi connectivity index (χ0v) is 13.2. The number of fused-ring (bicyclic) bond motifs is 1. The van der Waals surface area contributed by atoms with Crippen LogP contribution in [0.25, 0.3) is 10.4 Å². The molecule has 0 aliphatic carbocycles. The molecule has 2 nitrogen and oxygen atoms in total. The molecule has 1 unspecified atom stereocenters. The Morgan fingerprint density at radius 1 is 1.23 bits per heavy atom. The number of rotatable bonds is 1. The van der Waals surface area contributed by atoms with Gasteiger partial charge in [0.25, 0.3) is 0 Å². The molecule has 6 heteroatoms. The van der Waals surface area contributed by atoms with Crippen LogP contribution in [0, 0.1) is 6.92 Å². The summed E-state index contributed by atoms with van der Waals surface area (Å²) in [6.45, 7) is 5.35. The van der Waals surface area contributed by atoms with Crippen molar-refractivity contribution in [3.05, 3.63) is 40.8 Å². The van der Waals surface area contributed by atoms with Crippen molar-refractivity contribution in [1.29, 1.82) is 0 Å². The summed E-state index contributed by atoms with van der Waals surface area (Å²) < 4.78 is 44.1. The topological polar surface area (TPSA) is 21.3 Å². The van der Waals surface area contributed by atoms with Crippen LogP contribution in [0.5, 0.6) is 0 Å². The second kappa shape index (κ2) is 4.99. The van der Waals surface area contributed by atoms with Crippen molar-refractivity contribution in [2.45, 2.75) is 38.8 Å². The van der Waals surface area contributed by atoms with Gasteiger partial charge in [-0.05, 0) is 55.5 Å². The highest BCUT2D eigenvalue weighted by molar-refractivity contribution is 7.13. The van der Waals surface area contributed by atoms with Crippen molar-refractivity contribution < 1.29 is 17.9 Å². The molecule has 3 rings (SSSR count). The summed E-state index contributed by atoms with van der Waals surface area (Å²) in [7, 11) is 0. The Balaban J connectivity index is 2.05. The molecule has 0 bridgehead atoms. The van der Waals surface area contributed by atoms with Gasteiger partial charge in [-0.2, -0.15) is 13.2 Å². The molecule has 1 aliphatic heterocycles. The van der Waals surface area contributed by atoms with E-state index in [1.165, 1.54) is 0 Å². The monoisotopic (exact) mass is 327 g/mol. The smallest absolute Gasteiger partial charge is 0.352 e. The average Bonchev–Trinajstić information content (AvgIpc) is 2.83. The van der Waals surface area contributed by atoms with Crippen molar-refractivity contribution in [2.24, 2.45) is 0 Å². The van der Waals surface area contributed by atoms with Crippen LogP contribution in [-0.2, 0) is 10.3 Å². The van der Waals surface area contributed by atoms with E-state index in [4.69, 9.17) is 4.74 Å². The van der Waals surface area contributed by atoms with Gasteiger partial charge in [0.05, 0.1) is 5.60 Å². The maximum absolute atomic E-state index is 12.9. The Kier molecular flexibility index (Phi) is 3.49. The maximum Gasteiger partial charge on any atom is 0.433 e. The fourth-order valence-electron chi connectivity index (χ4n) is 2.66. The first-order chi connectivity index (χ1) is 10.2. The fourth-order valence-corrected chi connectivity index (χ4v) is 3.58. The predicted molar refractivity (Wildman–Crippen MR) is 82.1 cm³/mol. The molecule has 2 heterocycles. The average molecular weight is 327 g/mol. The number of anilines is 1. The number of hydrogen-bond acceptors (Lipinski definition) is 3. The van der Waals surface area contributed by atoms with Gasteiger partial charge >= 0.3 is 6.18 Å². The number of thiophene rings is 1. The molecular formula is C16H16F3NOS. The Labute approximate surface area is 130 Å². The summed E-state index contributed by atoms with van der Waals surface area (Å²) in [4.78, 5) is 1.12. The minimum atomic E-state index is -4.45. The summed E-state index contributed by atoms with van der Waals surface area (Å²) in [6.07, 6.45) is -6.43. The third kappa shape index (κ3) is 2.61. The molecule has 0 saturated heterocycles. The third-order valence-corrected chi connectivity index (χ3v) is 4.85. The lowest BCUT2D eigenvalue weighted by atomic mass is 9.91. The number of ether oxygens (including phenoxy) is 1. The molecule has 0 radical (unpaired) electrons. The van der Waals surface area contributed by atoms with Crippen LogP contribution in [0.1, 0.15) is 25.0 Å². The zero-order chi connectivity index (χ0) is 16.1. The van der Waals surface area contributed by atoms with Gasteiger partial charge in [-0.25, -0.2) is 0 Å². The fraction of sp³-hybridized carbons (Fsp3) is 0.375. The van der Waals surface area contributed by atoms with Crippen LogP contribution in [0.2, 0.25) is 0 Å². The van der Waals surface area contributed by atoms with Gasteiger partial charge in [-0.3, -0.25) is 0 Å². The van der Waals surface area contributed by atoms with Crippen LogP contribution >= 0.6 is 11.3 Å². The van der Waals surface area contributed by atoms with E-state index in [1.54, 1.807) is 31.3 Å². The minimum Gasteiger partial charge on any atom is -0.352 e. The second-order valence-electron chi connectivity index (χ2n) is 5.89. The van der Waals surface area contributed by atoms with E-state index in [9.17, 15) is 13.2 Å². The van der Waals surface area contributed by atoms with Crippen molar-refractivity contribution in [2.75, 3.05) is 5.32 Å². The predicted octanol–water partition coefficient (Wildman–Crippen LogP) is 5.29. The highest BCUT2D eigenvalue weighted by atomic mass is 32.1. The summed E-state index contributed by atoms with van der Waals surface area (Å²) in [5, 5.41) is 4.44. The van der Waals surface area contributed by atoms with Gasteiger partial charge in [-0.15, -0.1) is 11.3 Å². The number of nitrogens with one attached hydrogen (secondary N) is 1. The quantitative estimate of drug-likeness (QED) is 0.768. The SMILES string of the molecule is Cc1ccsc1-c1ccc2c(c1)C(C)(C)OC(C(F)(F)F)N2. The minimum absolute atomic E-state index is 0.469. The lowest BCUT2D eigenvalue weighted by molar-refractivity contribution is -0.243. The number of alkyl halides is 3. The van der Waals surface area contributed by atoms with E-state index < -0.39 is 18.0 Å². The molecule has 0 amide bonds. The van der Waals surface area contributed by atoms with E-state index in [2.05, 4.69) is 5.32 Å². The van der Waals surface area contributed by atoms with Crippen LogP contribution in [0.4, 0.5) is 18.9 Å². The molecule has 1 atom stereocenters. The summed E-state index contributed by atoms with van der Waals surface area (Å²) in [6, 6.07) is 7.49. The highest BCUT2D eigenvalue weighted by Gasteiger charge is 2.47. The molecular weight excluding hydrogens is 311 g/mol. The number of halogens is 3. The molecule has 1 N–H and O–H groups in total. The number of benzene rings is 1. The number of hydrogen-bond donors (Lipinski definition) is 1. The van der Waals surface area contributed by atoms with Crippen molar-refractivity contribution in [1.82, 2.24) is 0 Å². The summed E-state index contributed by atoms with van der Waals surface area (Å²) in [5.41, 5.74) is 2.34. The first-order valence-electron chi connectivity index (χ1n) is 6.88. The van der Waals surface area contributed by atoms with Crippen molar-refractivity contribution in [3.8, 4) is 10.4 Å². The zero-order valence-electron chi connectivity index (χ0n) is 12.4. The van der Waals surface area contributed by atoms with E-state index in [0.29, 0.717) is 5.69 Å². The standard InChI is InChI=1S/C16H16F3NOS/c1-9-6-7-22-13(9)10-4-5-12-11(8-10)15(2,3)21-14(20-12)16(17,18)19/h4-8,14,20H,1-3H3. The largest absolute Gasteiger partial charge is 0.433 e. The normalized spacial score (nSPS) is 20.4. The van der Waals surface area contributed by atoms with Crippen molar-refractivity contribution >= 4 is 17.0 Å². The molecule has 1 aromatic heterocycles. The van der Waals surface area contributed by atoms with E-state index in [-0.39, 0.29) is 0 Å². The molecule has 2 aromatic rings. The lowest BCUT2D eigenvalue weighted by Crippen LogP contribution is -2.47.